The lowest BCUT2D eigenvalue weighted by Gasteiger charge is -2.32. The van der Waals surface area contributed by atoms with E-state index in [0.717, 1.165) is 38.8 Å². The molecule has 3 aromatic rings. The minimum atomic E-state index is 0.361. The van der Waals surface area contributed by atoms with E-state index in [1.54, 1.807) is 0 Å². The molecule has 1 fully saturated rings. The average Bonchev–Trinajstić information content (AvgIpc) is 3.35. The van der Waals surface area contributed by atoms with Crippen LogP contribution >= 0.6 is 0 Å². The molecule has 1 unspecified atom stereocenters. The summed E-state index contributed by atoms with van der Waals surface area (Å²) in [4.78, 5) is 2.62. The Balaban J connectivity index is 0.000000748. The highest BCUT2D eigenvalue weighted by Gasteiger charge is 2.30. The van der Waals surface area contributed by atoms with Crippen molar-refractivity contribution in [2.24, 2.45) is 5.41 Å². The Kier molecular flexibility index (Phi) is 11.5. The molecule has 0 saturated carbocycles. The number of hydrogen-bond donors (Lipinski definition) is 1. The topological polar surface area (TPSA) is 23.5 Å². The molecule has 0 amide bonds. The molecule has 2 heteroatoms. The second-order valence-corrected chi connectivity index (χ2v) is 12.6. The van der Waals surface area contributed by atoms with Crippen LogP contribution in [0.4, 0.5) is 5.69 Å². The van der Waals surface area contributed by atoms with E-state index in [1.807, 2.05) is 19.1 Å². The van der Waals surface area contributed by atoms with Crippen molar-refractivity contribution < 1.29 is 5.11 Å². The van der Waals surface area contributed by atoms with Crippen molar-refractivity contribution in [2.75, 3.05) is 18.0 Å². The van der Waals surface area contributed by atoms with E-state index in [2.05, 4.69) is 92.9 Å². The normalized spacial score (nSPS) is 18.8. The summed E-state index contributed by atoms with van der Waals surface area (Å²) < 4.78 is 0. The van der Waals surface area contributed by atoms with E-state index >= 15 is 0 Å². The molecule has 1 atom stereocenters. The lowest BCUT2D eigenvalue weighted by Crippen LogP contribution is -2.26. The first-order chi connectivity index (χ1) is 20.4. The van der Waals surface area contributed by atoms with Gasteiger partial charge in [0.05, 0.1) is 0 Å². The Morgan fingerprint density at radius 2 is 1.60 bits per heavy atom. The first-order valence-corrected chi connectivity index (χ1v) is 16.5. The zero-order valence-corrected chi connectivity index (χ0v) is 26.7. The molecule has 42 heavy (non-hydrogen) atoms. The fraction of sp³-hybridized carbons (Fsp3) is 0.450. The third-order valence-electron chi connectivity index (χ3n) is 9.64. The molecule has 0 radical (unpaired) electrons. The molecule has 0 spiro atoms. The minimum absolute atomic E-state index is 0.361. The number of phenolic OH excluding ortho intramolecular Hbond substituents is 1. The third-order valence-corrected chi connectivity index (χ3v) is 9.64. The number of allylic oxidation sites excluding steroid dienone is 2. The lowest BCUT2D eigenvalue weighted by atomic mass is 9.74. The van der Waals surface area contributed by atoms with Gasteiger partial charge in [0.2, 0.25) is 0 Å². The summed E-state index contributed by atoms with van der Waals surface area (Å²) in [7, 11) is 0. The number of anilines is 1. The monoisotopic (exact) mass is 563 g/mol. The van der Waals surface area contributed by atoms with E-state index < -0.39 is 0 Å². The zero-order chi connectivity index (χ0) is 30.0. The Hall–Kier alpha value is -3.26. The molecule has 224 valence electrons. The van der Waals surface area contributed by atoms with Gasteiger partial charge >= 0.3 is 0 Å². The molecule has 3 aromatic carbocycles. The van der Waals surface area contributed by atoms with Crippen LogP contribution < -0.4 is 4.90 Å². The minimum Gasteiger partial charge on any atom is -0.508 e. The summed E-state index contributed by atoms with van der Waals surface area (Å²) in [5, 5.41) is 10.2. The van der Waals surface area contributed by atoms with E-state index in [1.165, 1.54) is 89.6 Å². The Bertz CT molecular complexity index is 1320. The number of aryl methyl sites for hydroxylation is 1. The summed E-state index contributed by atoms with van der Waals surface area (Å²) in [6.07, 6.45) is 13.6. The van der Waals surface area contributed by atoms with Crippen molar-refractivity contribution >= 4 is 16.8 Å². The summed E-state index contributed by atoms with van der Waals surface area (Å²) >= 11 is 0. The average molecular weight is 564 g/mol. The summed E-state index contributed by atoms with van der Waals surface area (Å²) in [5.74, 6) is 0.361. The van der Waals surface area contributed by atoms with Gasteiger partial charge in [-0.2, -0.15) is 0 Å². The van der Waals surface area contributed by atoms with Crippen molar-refractivity contribution in [3.05, 3.63) is 107 Å². The van der Waals surface area contributed by atoms with Crippen LogP contribution in [0.2, 0.25) is 0 Å². The van der Waals surface area contributed by atoms with Gasteiger partial charge in [0, 0.05) is 18.8 Å². The predicted molar refractivity (Wildman–Crippen MR) is 183 cm³/mol. The quantitative estimate of drug-likeness (QED) is 0.276. The molecular weight excluding hydrogens is 510 g/mol. The van der Waals surface area contributed by atoms with Crippen molar-refractivity contribution in [2.45, 2.75) is 98.3 Å². The number of phenols is 1. The van der Waals surface area contributed by atoms with Crippen molar-refractivity contribution in [1.82, 2.24) is 0 Å². The number of benzene rings is 3. The maximum Gasteiger partial charge on any atom is 0.115 e. The standard InChI is InChI=1S/C35H43NO.C5H10/c1-3-5-21-35(4-2)22-10-24-36(25-23-35)30-17-15-28(16-18-30)34-32(27-11-7-6-8-12-27)14-9-13-29-26-31(37)19-20-33(29)34;1-4-5(2)3/h6-8,11-12,15-20,26,37H,3-5,9-10,13-14,21-25H2,1-2H3;2,4H2,1,3H3. The van der Waals surface area contributed by atoms with Crippen LogP contribution in [0.25, 0.3) is 11.1 Å². The molecule has 5 rings (SSSR count). The molecule has 2 nitrogen and oxygen atoms in total. The maximum atomic E-state index is 10.2. The smallest absolute Gasteiger partial charge is 0.115 e. The molecule has 1 aliphatic heterocycles. The number of nitrogens with zero attached hydrogens (tertiary/aromatic N) is 1. The molecule has 1 N–H and O–H groups in total. The van der Waals surface area contributed by atoms with Crippen molar-refractivity contribution in [1.29, 1.82) is 0 Å². The molecule has 0 aromatic heterocycles. The molecule has 1 heterocycles. The molecule has 2 aliphatic rings. The Morgan fingerprint density at radius 3 is 2.26 bits per heavy atom. The highest BCUT2D eigenvalue weighted by Crippen LogP contribution is 2.42. The van der Waals surface area contributed by atoms with Gasteiger partial charge in [0.25, 0.3) is 0 Å². The Morgan fingerprint density at radius 1 is 0.857 bits per heavy atom. The van der Waals surface area contributed by atoms with Crippen LogP contribution in [-0.2, 0) is 6.42 Å². The highest BCUT2D eigenvalue weighted by molar-refractivity contribution is 6.00. The van der Waals surface area contributed by atoms with Gasteiger partial charge < -0.3 is 10.0 Å². The lowest BCUT2D eigenvalue weighted by molar-refractivity contribution is 0.214. The predicted octanol–water partition coefficient (Wildman–Crippen LogP) is 11.2. The zero-order valence-electron chi connectivity index (χ0n) is 26.7. The maximum absolute atomic E-state index is 10.2. The molecule has 1 aliphatic carbocycles. The highest BCUT2D eigenvalue weighted by atomic mass is 16.3. The van der Waals surface area contributed by atoms with Crippen molar-refractivity contribution in [3.63, 3.8) is 0 Å². The first kappa shape index (κ1) is 31.7. The third kappa shape index (κ3) is 7.97. The van der Waals surface area contributed by atoms with E-state index in [4.69, 9.17) is 0 Å². The SMILES string of the molecule is C=C(C)CC.CCCCC1(CC)CCCN(c2ccc(C3=C(c4ccccc4)CCCc4cc(O)ccc43)cc2)CC1. The number of rotatable bonds is 8. The van der Waals surface area contributed by atoms with Crippen LogP contribution in [0.1, 0.15) is 114 Å². The van der Waals surface area contributed by atoms with E-state index in [-0.39, 0.29) is 0 Å². The number of unbranched alkanes of at least 4 members (excludes halogenated alkanes) is 1. The van der Waals surface area contributed by atoms with Gasteiger partial charge in [-0.1, -0.05) is 94.1 Å². The van der Waals surface area contributed by atoms with E-state index in [9.17, 15) is 5.11 Å². The van der Waals surface area contributed by atoms with E-state index in [0.29, 0.717) is 11.2 Å². The van der Waals surface area contributed by atoms with Gasteiger partial charge in [-0.3, -0.25) is 0 Å². The number of aromatic hydroxyl groups is 1. The molecule has 0 bridgehead atoms. The fourth-order valence-electron chi connectivity index (χ4n) is 6.71. The van der Waals surface area contributed by atoms with Gasteiger partial charge in [-0.25, -0.2) is 0 Å². The second kappa shape index (κ2) is 15.3. The van der Waals surface area contributed by atoms with Crippen LogP contribution in [0, 0.1) is 5.41 Å². The summed E-state index contributed by atoms with van der Waals surface area (Å²) in [6.45, 7) is 14.9. The largest absolute Gasteiger partial charge is 0.508 e. The number of hydrogen-bond acceptors (Lipinski definition) is 2. The second-order valence-electron chi connectivity index (χ2n) is 12.6. The summed E-state index contributed by atoms with van der Waals surface area (Å²) in [6, 6.07) is 26.2. The van der Waals surface area contributed by atoms with Crippen LogP contribution in [0.5, 0.6) is 5.75 Å². The van der Waals surface area contributed by atoms with Gasteiger partial charge in [-0.05, 0) is 121 Å². The first-order valence-electron chi connectivity index (χ1n) is 16.5. The van der Waals surface area contributed by atoms with Crippen LogP contribution in [0.3, 0.4) is 0 Å². The number of fused-ring (bicyclic) bond motifs is 1. The van der Waals surface area contributed by atoms with Crippen LogP contribution in [0.15, 0.2) is 84.9 Å². The fourth-order valence-corrected chi connectivity index (χ4v) is 6.71. The van der Waals surface area contributed by atoms with Gasteiger partial charge in [-0.15, -0.1) is 6.58 Å². The summed E-state index contributed by atoms with van der Waals surface area (Å²) in [5.41, 5.74) is 11.0. The van der Waals surface area contributed by atoms with Crippen molar-refractivity contribution in [3.8, 4) is 5.75 Å². The van der Waals surface area contributed by atoms with Gasteiger partial charge in [0.1, 0.15) is 5.75 Å². The molecular formula is C40H53NO. The van der Waals surface area contributed by atoms with Crippen LogP contribution in [-0.4, -0.2) is 18.2 Å². The van der Waals surface area contributed by atoms with Gasteiger partial charge in [0.15, 0.2) is 0 Å². The Labute approximate surface area is 256 Å². The molecule has 1 saturated heterocycles.